The summed E-state index contributed by atoms with van der Waals surface area (Å²) in [7, 11) is -4.82. The minimum absolute atomic E-state index is 0. The molecule has 0 aromatic carbocycles. The quantitative estimate of drug-likeness (QED) is 0.292. The number of rotatable bonds is 3. The molecule has 0 aromatic heterocycles. The Balaban J connectivity index is 0.00000192. The maximum absolute atomic E-state index is 10.7. The van der Waals surface area contributed by atoms with Crippen LogP contribution < -0.4 is 29.6 Å². The molecule has 3 rings (SSSR count). The summed E-state index contributed by atoms with van der Waals surface area (Å²) >= 11 is 0. The molecule has 0 unspecified atom stereocenters. The summed E-state index contributed by atoms with van der Waals surface area (Å²) in [5.74, 6) is -1.76. The summed E-state index contributed by atoms with van der Waals surface area (Å²) in [5.41, 5.74) is 0. The molecule has 0 radical (unpaired) electrons. The van der Waals surface area contributed by atoms with Gasteiger partial charge in [-0.3, -0.25) is 4.18 Å². The molecule has 3 aliphatic heterocycles. The van der Waals surface area contributed by atoms with Crippen molar-refractivity contribution in [3.8, 4) is 0 Å². The van der Waals surface area contributed by atoms with Crippen molar-refractivity contribution >= 4 is 10.4 Å². The molecule has 3 fully saturated rings. The summed E-state index contributed by atoms with van der Waals surface area (Å²) in [6, 6.07) is 0. The SMILES string of the molecule is CC1(C)O[C@H]2[C@@H](O1)[C@@H](COS(=O)(=O)[O-])O[C@@H]1OC(C)(C)O[C@@H]12.[Na+]. The van der Waals surface area contributed by atoms with Crippen molar-refractivity contribution in [3.05, 3.63) is 0 Å². The molecule has 0 aliphatic carbocycles. The fraction of sp³-hybridized carbons (Fsp3) is 1.00. The Morgan fingerprint density at radius 3 is 2.09 bits per heavy atom. The monoisotopic (exact) mass is 362 g/mol. The molecule has 3 saturated heterocycles. The van der Waals surface area contributed by atoms with E-state index >= 15 is 0 Å². The zero-order valence-corrected chi connectivity index (χ0v) is 16.5. The first-order valence-electron chi connectivity index (χ1n) is 6.93. The van der Waals surface area contributed by atoms with Gasteiger partial charge in [0.05, 0.1) is 6.61 Å². The predicted molar refractivity (Wildman–Crippen MR) is 68.2 cm³/mol. The van der Waals surface area contributed by atoms with E-state index in [0.717, 1.165) is 0 Å². The van der Waals surface area contributed by atoms with Crippen molar-refractivity contribution in [1.82, 2.24) is 0 Å². The van der Waals surface area contributed by atoms with Crippen molar-refractivity contribution < 1.29 is 70.4 Å². The number of hydrogen-bond acceptors (Lipinski definition) is 9. The molecule has 0 aromatic rings. The van der Waals surface area contributed by atoms with Crippen LogP contribution in [0.3, 0.4) is 0 Å². The molecule has 23 heavy (non-hydrogen) atoms. The second-order valence-corrected chi connectivity index (χ2v) is 7.45. The summed E-state index contributed by atoms with van der Waals surface area (Å²) < 4.78 is 65.0. The predicted octanol–water partition coefficient (Wildman–Crippen LogP) is -3.14. The first-order chi connectivity index (χ1) is 9.96. The number of fused-ring (bicyclic) bond motifs is 3. The molecule has 0 amide bonds. The average molecular weight is 362 g/mol. The van der Waals surface area contributed by atoms with Crippen LogP contribution in [0.2, 0.25) is 0 Å². The third-order valence-corrected chi connectivity index (χ3v) is 4.05. The molecule has 9 nitrogen and oxygen atoms in total. The molecule has 3 aliphatic rings. The molecule has 0 N–H and O–H groups in total. The molecule has 128 valence electrons. The van der Waals surface area contributed by atoms with Gasteiger partial charge in [-0.2, -0.15) is 0 Å². The van der Waals surface area contributed by atoms with E-state index in [1.807, 2.05) is 0 Å². The standard InChI is InChI=1S/C12H20O9S.Na/c1-11(2)18-7-6(5-16-22(13,14)15)17-10-9(8(7)19-11)20-12(3,4)21-10;/h6-10H,5H2,1-4H3,(H,13,14,15);/q;+1/p-1/t6-,7+,8+,9-,10-;/m1./s1. The van der Waals surface area contributed by atoms with Crippen molar-refractivity contribution in [1.29, 1.82) is 0 Å². The van der Waals surface area contributed by atoms with E-state index in [1.54, 1.807) is 27.7 Å². The van der Waals surface area contributed by atoms with Gasteiger partial charge in [0.1, 0.15) is 24.4 Å². The Morgan fingerprint density at radius 1 is 0.957 bits per heavy atom. The summed E-state index contributed by atoms with van der Waals surface area (Å²) in [5, 5.41) is 0. The molecule has 5 atom stereocenters. The van der Waals surface area contributed by atoms with Crippen LogP contribution in [0.15, 0.2) is 0 Å². The zero-order chi connectivity index (χ0) is 16.3. The zero-order valence-electron chi connectivity index (χ0n) is 13.7. The van der Waals surface area contributed by atoms with Gasteiger partial charge >= 0.3 is 29.6 Å². The Morgan fingerprint density at radius 2 is 1.48 bits per heavy atom. The maximum atomic E-state index is 10.7. The summed E-state index contributed by atoms with van der Waals surface area (Å²) in [6.07, 6.45) is -3.23. The third kappa shape index (κ3) is 4.45. The first-order valence-corrected chi connectivity index (χ1v) is 8.26. The van der Waals surface area contributed by atoms with Gasteiger partial charge in [0, 0.05) is 0 Å². The van der Waals surface area contributed by atoms with E-state index in [4.69, 9.17) is 23.7 Å². The Kier molecular flexibility index (Phi) is 5.59. The molecule has 0 bridgehead atoms. The van der Waals surface area contributed by atoms with Crippen molar-refractivity contribution in [3.63, 3.8) is 0 Å². The Bertz CT molecular complexity index is 549. The van der Waals surface area contributed by atoms with Gasteiger partial charge in [0.15, 0.2) is 17.9 Å². The minimum Gasteiger partial charge on any atom is -0.726 e. The summed E-state index contributed by atoms with van der Waals surface area (Å²) in [6.45, 7) is 6.45. The molecule has 11 heteroatoms. The van der Waals surface area contributed by atoms with Crippen molar-refractivity contribution in [2.24, 2.45) is 0 Å². The van der Waals surface area contributed by atoms with E-state index in [-0.39, 0.29) is 29.6 Å². The van der Waals surface area contributed by atoms with Crippen molar-refractivity contribution in [2.45, 2.75) is 70.0 Å². The van der Waals surface area contributed by atoms with Gasteiger partial charge < -0.3 is 28.2 Å². The van der Waals surface area contributed by atoms with E-state index in [9.17, 15) is 13.0 Å². The largest absolute Gasteiger partial charge is 1.00 e. The van der Waals surface area contributed by atoms with Gasteiger partial charge in [0.25, 0.3) is 0 Å². The van der Waals surface area contributed by atoms with Crippen LogP contribution in [-0.4, -0.2) is 61.9 Å². The van der Waals surface area contributed by atoms with Crippen LogP contribution in [0.5, 0.6) is 0 Å². The van der Waals surface area contributed by atoms with E-state index in [1.165, 1.54) is 0 Å². The van der Waals surface area contributed by atoms with Crippen LogP contribution in [0, 0.1) is 0 Å². The number of ether oxygens (including phenoxy) is 5. The van der Waals surface area contributed by atoms with Gasteiger partial charge in [-0.05, 0) is 27.7 Å². The second kappa shape index (κ2) is 6.44. The van der Waals surface area contributed by atoms with Crippen LogP contribution in [0.4, 0.5) is 0 Å². The average Bonchev–Trinajstić information content (AvgIpc) is 2.79. The fourth-order valence-electron chi connectivity index (χ4n) is 2.98. The topological polar surface area (TPSA) is 113 Å². The Labute approximate surface area is 157 Å². The van der Waals surface area contributed by atoms with E-state index in [2.05, 4.69) is 4.18 Å². The van der Waals surface area contributed by atoms with Gasteiger partial charge in [-0.25, -0.2) is 8.42 Å². The van der Waals surface area contributed by atoms with E-state index in [0.29, 0.717) is 0 Å². The smallest absolute Gasteiger partial charge is 0.726 e. The van der Waals surface area contributed by atoms with Gasteiger partial charge in [-0.15, -0.1) is 0 Å². The van der Waals surface area contributed by atoms with E-state index < -0.39 is 59.3 Å². The molecule has 0 saturated carbocycles. The third-order valence-electron chi connectivity index (χ3n) is 3.63. The van der Waals surface area contributed by atoms with Crippen LogP contribution in [0.1, 0.15) is 27.7 Å². The van der Waals surface area contributed by atoms with Gasteiger partial charge in [0.2, 0.25) is 10.4 Å². The molecule has 0 spiro atoms. The van der Waals surface area contributed by atoms with Crippen LogP contribution in [-0.2, 0) is 38.3 Å². The fourth-order valence-corrected chi connectivity index (χ4v) is 3.28. The molecular formula is C12H19NaO9S. The van der Waals surface area contributed by atoms with Crippen LogP contribution in [0.25, 0.3) is 0 Å². The number of hydrogen-bond donors (Lipinski definition) is 0. The maximum Gasteiger partial charge on any atom is 1.00 e. The van der Waals surface area contributed by atoms with Crippen LogP contribution >= 0.6 is 0 Å². The van der Waals surface area contributed by atoms with Gasteiger partial charge in [-0.1, -0.05) is 0 Å². The minimum atomic E-state index is -4.82. The first kappa shape index (κ1) is 20.0. The van der Waals surface area contributed by atoms with Crippen molar-refractivity contribution in [2.75, 3.05) is 6.61 Å². The Hall–Kier alpha value is 0.670. The normalized spacial score (nSPS) is 41.0. The second-order valence-electron chi connectivity index (χ2n) is 6.40. The molecule has 3 heterocycles. The summed E-state index contributed by atoms with van der Waals surface area (Å²) in [4.78, 5) is 0. The molecular weight excluding hydrogens is 343 g/mol.